The van der Waals surface area contributed by atoms with Gasteiger partial charge in [-0.25, -0.2) is 0 Å². The van der Waals surface area contributed by atoms with Gasteiger partial charge in [-0.15, -0.1) is 24.0 Å². The Bertz CT molecular complexity index is 864. The Morgan fingerprint density at radius 3 is 2.60 bits per heavy atom. The minimum atomic E-state index is 0. The summed E-state index contributed by atoms with van der Waals surface area (Å²) in [6.45, 7) is 8.20. The van der Waals surface area contributed by atoms with Crippen LogP contribution in [0.2, 0.25) is 5.02 Å². The van der Waals surface area contributed by atoms with Gasteiger partial charge in [0, 0.05) is 68.8 Å². The normalized spacial score (nSPS) is 14.4. The molecule has 1 aromatic heterocycles. The smallest absolute Gasteiger partial charge is 0.250 e. The van der Waals surface area contributed by atoms with E-state index in [9.17, 15) is 4.79 Å². The lowest BCUT2D eigenvalue weighted by Gasteiger charge is -2.37. The van der Waals surface area contributed by atoms with Gasteiger partial charge in [0.25, 0.3) is 0 Å². The Kier molecular flexibility index (Phi) is 10.5. The third-order valence-corrected chi connectivity index (χ3v) is 5.29. The minimum Gasteiger partial charge on any atom is -0.368 e. The van der Waals surface area contributed by atoms with Crippen molar-refractivity contribution < 1.29 is 0 Å². The molecular weight excluding hydrogens is 513 g/mol. The predicted molar refractivity (Wildman–Crippen MR) is 137 cm³/mol. The number of rotatable bonds is 7. The van der Waals surface area contributed by atoms with Crippen LogP contribution in [0.15, 0.2) is 58.4 Å². The first-order chi connectivity index (χ1) is 14.2. The van der Waals surface area contributed by atoms with Crippen LogP contribution in [0.1, 0.15) is 19.8 Å². The molecule has 0 aliphatic carbocycles. The van der Waals surface area contributed by atoms with Gasteiger partial charge >= 0.3 is 0 Å². The van der Waals surface area contributed by atoms with Gasteiger partial charge in [-0.2, -0.15) is 0 Å². The number of halogens is 2. The lowest BCUT2D eigenvalue weighted by molar-refractivity contribution is 0.372. The number of aliphatic imine (C=N–C) groups is 1. The number of hydrogen-bond donors (Lipinski definition) is 1. The summed E-state index contributed by atoms with van der Waals surface area (Å²) < 4.78 is 1.75. The molecule has 3 rings (SSSR count). The van der Waals surface area contributed by atoms with Crippen molar-refractivity contribution in [2.24, 2.45) is 4.99 Å². The second-order valence-electron chi connectivity index (χ2n) is 7.13. The Balaban J connectivity index is 0.00000320. The number of pyridine rings is 1. The molecule has 1 fully saturated rings. The molecule has 0 saturated carbocycles. The monoisotopic (exact) mass is 543 g/mol. The topological polar surface area (TPSA) is 52.9 Å². The van der Waals surface area contributed by atoms with Crippen LogP contribution in [0.5, 0.6) is 0 Å². The molecule has 0 atom stereocenters. The fraction of sp³-hybridized carbons (Fsp3) is 0.455. The number of aromatic nitrogens is 1. The van der Waals surface area contributed by atoms with Crippen molar-refractivity contribution in [3.05, 3.63) is 64.0 Å². The lowest BCUT2D eigenvalue weighted by atomic mass is 10.2. The number of benzene rings is 1. The van der Waals surface area contributed by atoms with Crippen LogP contribution >= 0.6 is 35.6 Å². The Labute approximate surface area is 201 Å². The number of piperazine rings is 1. The van der Waals surface area contributed by atoms with Gasteiger partial charge in [0.15, 0.2) is 5.96 Å². The number of guanidine groups is 1. The van der Waals surface area contributed by atoms with E-state index in [4.69, 9.17) is 16.6 Å². The summed E-state index contributed by atoms with van der Waals surface area (Å²) in [6, 6.07) is 13.3. The molecule has 1 aromatic carbocycles. The SMILES string of the molecule is CCNC(=NCCCCn1ccccc1=O)N1CCN(c2cccc(Cl)c2)CC1.I. The molecule has 8 heteroatoms. The summed E-state index contributed by atoms with van der Waals surface area (Å²) in [4.78, 5) is 21.2. The fourth-order valence-electron chi connectivity index (χ4n) is 3.50. The van der Waals surface area contributed by atoms with Gasteiger partial charge in [-0.3, -0.25) is 9.79 Å². The van der Waals surface area contributed by atoms with Crippen LogP contribution in [0, 0.1) is 0 Å². The molecule has 1 saturated heterocycles. The number of aryl methyl sites for hydroxylation is 1. The highest BCUT2D eigenvalue weighted by atomic mass is 127. The number of nitrogens with zero attached hydrogens (tertiary/aromatic N) is 4. The molecule has 0 radical (unpaired) electrons. The zero-order chi connectivity index (χ0) is 20.5. The molecule has 1 aliphatic rings. The van der Waals surface area contributed by atoms with E-state index in [2.05, 4.69) is 28.1 Å². The third kappa shape index (κ3) is 7.19. The molecule has 30 heavy (non-hydrogen) atoms. The average Bonchev–Trinajstić information content (AvgIpc) is 2.74. The fourth-order valence-corrected chi connectivity index (χ4v) is 3.68. The highest BCUT2D eigenvalue weighted by Gasteiger charge is 2.19. The van der Waals surface area contributed by atoms with Crippen LogP contribution in [0.25, 0.3) is 0 Å². The third-order valence-electron chi connectivity index (χ3n) is 5.06. The second-order valence-corrected chi connectivity index (χ2v) is 7.57. The van der Waals surface area contributed by atoms with Crippen LogP contribution in [0.4, 0.5) is 5.69 Å². The van der Waals surface area contributed by atoms with E-state index in [1.807, 2.05) is 30.5 Å². The first-order valence-corrected chi connectivity index (χ1v) is 10.7. The quantitative estimate of drug-likeness (QED) is 0.251. The lowest BCUT2D eigenvalue weighted by Crippen LogP contribution is -2.52. The predicted octanol–water partition coefficient (Wildman–Crippen LogP) is 3.69. The van der Waals surface area contributed by atoms with Gasteiger partial charge in [-0.1, -0.05) is 23.7 Å². The van der Waals surface area contributed by atoms with Crippen molar-refractivity contribution in [3.8, 4) is 0 Å². The Morgan fingerprint density at radius 2 is 1.90 bits per heavy atom. The molecule has 0 amide bonds. The maximum atomic E-state index is 11.7. The van der Waals surface area contributed by atoms with E-state index in [1.54, 1.807) is 16.7 Å². The maximum Gasteiger partial charge on any atom is 0.250 e. The van der Waals surface area contributed by atoms with Crippen molar-refractivity contribution in [2.75, 3.05) is 44.2 Å². The summed E-state index contributed by atoms with van der Waals surface area (Å²) in [5, 5.41) is 4.19. The summed E-state index contributed by atoms with van der Waals surface area (Å²) in [5.41, 5.74) is 1.23. The number of hydrogen-bond acceptors (Lipinski definition) is 3. The van der Waals surface area contributed by atoms with Crippen LogP contribution in [0.3, 0.4) is 0 Å². The van der Waals surface area contributed by atoms with E-state index in [0.29, 0.717) is 0 Å². The molecule has 0 bridgehead atoms. The molecular formula is C22H31ClIN5O. The van der Waals surface area contributed by atoms with Gasteiger partial charge < -0.3 is 19.7 Å². The molecule has 164 valence electrons. The first-order valence-electron chi connectivity index (χ1n) is 10.4. The molecule has 0 spiro atoms. The minimum absolute atomic E-state index is 0. The average molecular weight is 544 g/mol. The van der Waals surface area contributed by atoms with Gasteiger partial charge in [-0.05, 0) is 44.0 Å². The first kappa shape index (κ1) is 24.5. The highest BCUT2D eigenvalue weighted by Crippen LogP contribution is 2.20. The van der Waals surface area contributed by atoms with Gasteiger partial charge in [0.05, 0.1) is 0 Å². The molecule has 0 unspecified atom stereocenters. The number of anilines is 1. The Morgan fingerprint density at radius 1 is 1.10 bits per heavy atom. The molecule has 6 nitrogen and oxygen atoms in total. The second kappa shape index (κ2) is 12.8. The van der Waals surface area contributed by atoms with Crippen LogP contribution in [-0.4, -0.2) is 54.7 Å². The highest BCUT2D eigenvalue weighted by molar-refractivity contribution is 14.0. The number of nitrogens with one attached hydrogen (secondary N) is 1. The molecule has 2 heterocycles. The van der Waals surface area contributed by atoms with Crippen molar-refractivity contribution in [2.45, 2.75) is 26.3 Å². The standard InChI is InChI=1S/C22H30ClN5O.HI/c1-2-24-22(25-11-4-6-13-27-12-5-3-10-21(27)29)28-16-14-26(15-17-28)20-9-7-8-19(23)18-20;/h3,5,7-10,12,18H,2,4,6,11,13-17H2,1H3,(H,24,25);1H. The Hall–Kier alpha value is -1.74. The summed E-state index contributed by atoms with van der Waals surface area (Å²) >= 11 is 6.13. The summed E-state index contributed by atoms with van der Waals surface area (Å²) in [5.74, 6) is 0.982. The van der Waals surface area contributed by atoms with E-state index in [1.165, 1.54) is 5.69 Å². The summed E-state index contributed by atoms with van der Waals surface area (Å²) in [7, 11) is 0. The van der Waals surface area contributed by atoms with E-state index in [0.717, 1.165) is 69.6 Å². The van der Waals surface area contributed by atoms with Crippen molar-refractivity contribution >= 4 is 47.2 Å². The zero-order valence-corrected chi connectivity index (χ0v) is 20.6. The van der Waals surface area contributed by atoms with Crippen molar-refractivity contribution in [1.29, 1.82) is 0 Å². The van der Waals surface area contributed by atoms with E-state index >= 15 is 0 Å². The molecule has 1 N–H and O–H groups in total. The van der Waals surface area contributed by atoms with Crippen LogP contribution in [-0.2, 0) is 6.54 Å². The zero-order valence-electron chi connectivity index (χ0n) is 17.5. The summed E-state index contributed by atoms with van der Waals surface area (Å²) in [6.07, 6.45) is 3.74. The van der Waals surface area contributed by atoms with Gasteiger partial charge in [0.1, 0.15) is 0 Å². The van der Waals surface area contributed by atoms with Crippen molar-refractivity contribution in [3.63, 3.8) is 0 Å². The number of unbranched alkanes of at least 4 members (excludes halogenated alkanes) is 1. The molecule has 1 aliphatic heterocycles. The molecule has 2 aromatic rings. The largest absolute Gasteiger partial charge is 0.368 e. The van der Waals surface area contributed by atoms with E-state index < -0.39 is 0 Å². The van der Waals surface area contributed by atoms with Gasteiger partial charge in [0.2, 0.25) is 5.56 Å². The van der Waals surface area contributed by atoms with Crippen molar-refractivity contribution in [1.82, 2.24) is 14.8 Å². The maximum absolute atomic E-state index is 11.7. The van der Waals surface area contributed by atoms with E-state index in [-0.39, 0.29) is 29.5 Å². The van der Waals surface area contributed by atoms with Crippen LogP contribution < -0.4 is 15.8 Å².